The van der Waals surface area contributed by atoms with Gasteiger partial charge in [-0.1, -0.05) is 0 Å². The molecule has 2 aromatic rings. The average Bonchev–Trinajstić information content (AvgIpc) is 3.05. The molecule has 3 aliphatic heterocycles. The lowest BCUT2D eigenvalue weighted by molar-refractivity contribution is 0.174. The largest absolute Gasteiger partial charge is 0.504 e. The minimum atomic E-state index is 0.130. The standard InChI is InChI=1S/C18H17NO4/c1-19-13-3-9-4-16-17(23-8-22-16)6-10(9)18(19)12-5-14(20)15(21-2)7-11(12)13/h4-7,13,18,20H,3,8H2,1-2H3. The highest BCUT2D eigenvalue weighted by Gasteiger charge is 2.43. The molecule has 118 valence electrons. The highest BCUT2D eigenvalue weighted by molar-refractivity contribution is 5.60. The van der Waals surface area contributed by atoms with Crippen LogP contribution in [0.25, 0.3) is 0 Å². The summed E-state index contributed by atoms with van der Waals surface area (Å²) in [5.41, 5.74) is 4.90. The number of aromatic hydroxyl groups is 1. The van der Waals surface area contributed by atoms with Crippen LogP contribution >= 0.6 is 0 Å². The smallest absolute Gasteiger partial charge is 0.231 e. The maximum atomic E-state index is 10.2. The van der Waals surface area contributed by atoms with Crippen molar-refractivity contribution in [3.63, 3.8) is 0 Å². The summed E-state index contributed by atoms with van der Waals surface area (Å²) in [6.07, 6.45) is 0.917. The van der Waals surface area contributed by atoms with E-state index in [-0.39, 0.29) is 24.6 Å². The molecular weight excluding hydrogens is 294 g/mol. The van der Waals surface area contributed by atoms with Crippen molar-refractivity contribution in [2.75, 3.05) is 21.0 Å². The fourth-order valence-corrected chi connectivity index (χ4v) is 4.19. The lowest BCUT2D eigenvalue weighted by Crippen LogP contribution is -2.29. The van der Waals surface area contributed by atoms with Crippen LogP contribution in [0, 0.1) is 0 Å². The molecule has 0 aliphatic carbocycles. The Bertz CT molecular complexity index is 832. The Morgan fingerprint density at radius 2 is 1.87 bits per heavy atom. The average molecular weight is 311 g/mol. The van der Waals surface area contributed by atoms with Gasteiger partial charge in [-0.25, -0.2) is 0 Å². The molecule has 2 unspecified atom stereocenters. The van der Waals surface area contributed by atoms with Crippen molar-refractivity contribution in [3.05, 3.63) is 46.5 Å². The second kappa shape index (κ2) is 4.32. The quantitative estimate of drug-likeness (QED) is 0.877. The molecule has 0 radical (unpaired) electrons. The minimum Gasteiger partial charge on any atom is -0.504 e. The molecular formula is C18H17NO4. The summed E-state index contributed by atoms with van der Waals surface area (Å²) in [6, 6.07) is 8.43. The second-order valence-corrected chi connectivity index (χ2v) is 6.35. The number of methoxy groups -OCH3 is 1. The third-order valence-electron chi connectivity index (χ3n) is 5.28. The van der Waals surface area contributed by atoms with Crippen molar-refractivity contribution >= 4 is 0 Å². The highest BCUT2D eigenvalue weighted by atomic mass is 16.7. The van der Waals surface area contributed by atoms with Gasteiger partial charge in [0.2, 0.25) is 6.79 Å². The summed E-state index contributed by atoms with van der Waals surface area (Å²) in [7, 11) is 3.71. The first-order valence-corrected chi connectivity index (χ1v) is 7.72. The van der Waals surface area contributed by atoms with Crippen LogP contribution < -0.4 is 14.2 Å². The van der Waals surface area contributed by atoms with Gasteiger partial charge in [0.15, 0.2) is 23.0 Å². The number of nitrogens with zero attached hydrogens (tertiary/aromatic N) is 1. The highest BCUT2D eigenvalue weighted by Crippen LogP contribution is 2.54. The Morgan fingerprint density at radius 3 is 2.65 bits per heavy atom. The zero-order valence-electron chi connectivity index (χ0n) is 13.0. The van der Waals surface area contributed by atoms with Gasteiger partial charge < -0.3 is 19.3 Å². The Balaban J connectivity index is 1.72. The van der Waals surface area contributed by atoms with E-state index in [1.54, 1.807) is 7.11 Å². The molecule has 0 aromatic heterocycles. The van der Waals surface area contributed by atoms with Gasteiger partial charge in [-0.2, -0.15) is 0 Å². The van der Waals surface area contributed by atoms with E-state index in [4.69, 9.17) is 14.2 Å². The van der Waals surface area contributed by atoms with E-state index in [9.17, 15) is 5.11 Å². The maximum absolute atomic E-state index is 10.2. The fraction of sp³-hybridized carbons (Fsp3) is 0.333. The number of ether oxygens (including phenoxy) is 3. The maximum Gasteiger partial charge on any atom is 0.231 e. The van der Waals surface area contributed by atoms with Crippen LogP contribution in [0.4, 0.5) is 0 Å². The molecule has 1 N–H and O–H groups in total. The van der Waals surface area contributed by atoms with E-state index in [2.05, 4.69) is 24.1 Å². The lowest BCUT2D eigenvalue weighted by Gasteiger charge is -2.33. The number of phenols is 1. The van der Waals surface area contributed by atoms with Crippen molar-refractivity contribution in [2.24, 2.45) is 0 Å². The normalized spacial score (nSPS) is 23.6. The molecule has 5 rings (SSSR count). The third-order valence-corrected chi connectivity index (χ3v) is 5.28. The number of phenolic OH excluding ortho intramolecular Hbond substituents is 1. The summed E-state index contributed by atoms with van der Waals surface area (Å²) in [5.74, 6) is 2.36. The number of rotatable bonds is 1. The predicted octanol–water partition coefficient (Wildman–Crippen LogP) is 2.76. The molecule has 2 atom stereocenters. The Morgan fingerprint density at radius 1 is 1.09 bits per heavy atom. The molecule has 5 nitrogen and oxygen atoms in total. The topological polar surface area (TPSA) is 51.2 Å². The van der Waals surface area contributed by atoms with Crippen molar-refractivity contribution in [1.82, 2.24) is 4.90 Å². The van der Waals surface area contributed by atoms with E-state index in [1.165, 1.54) is 16.7 Å². The number of hydrogen-bond donors (Lipinski definition) is 1. The molecule has 0 fully saturated rings. The van der Waals surface area contributed by atoms with Crippen LogP contribution in [0.15, 0.2) is 24.3 Å². The fourth-order valence-electron chi connectivity index (χ4n) is 4.19. The molecule has 2 bridgehead atoms. The molecule has 0 saturated carbocycles. The molecule has 3 heterocycles. The van der Waals surface area contributed by atoms with Crippen molar-refractivity contribution < 1.29 is 19.3 Å². The Labute approximate surface area is 134 Å². The number of benzene rings is 2. The first-order valence-electron chi connectivity index (χ1n) is 7.72. The van der Waals surface area contributed by atoms with Crippen molar-refractivity contribution in [2.45, 2.75) is 18.5 Å². The van der Waals surface area contributed by atoms with E-state index in [1.807, 2.05) is 12.1 Å². The van der Waals surface area contributed by atoms with E-state index < -0.39 is 0 Å². The first kappa shape index (κ1) is 13.1. The number of hydrogen-bond acceptors (Lipinski definition) is 5. The summed E-state index contributed by atoms with van der Waals surface area (Å²) in [6.45, 7) is 0.288. The molecule has 0 spiro atoms. The second-order valence-electron chi connectivity index (χ2n) is 6.35. The monoisotopic (exact) mass is 311 g/mol. The van der Waals surface area contributed by atoms with Gasteiger partial charge in [0.05, 0.1) is 13.2 Å². The molecule has 3 aliphatic rings. The molecule has 0 amide bonds. The van der Waals surface area contributed by atoms with E-state index in [0.29, 0.717) is 5.75 Å². The van der Waals surface area contributed by atoms with E-state index in [0.717, 1.165) is 23.5 Å². The Hall–Kier alpha value is -2.40. The van der Waals surface area contributed by atoms with Crippen LogP contribution in [-0.2, 0) is 6.42 Å². The lowest BCUT2D eigenvalue weighted by atomic mass is 9.91. The number of likely N-dealkylation sites (N-methyl/N-ethyl adjacent to an activating group) is 1. The van der Waals surface area contributed by atoms with Gasteiger partial charge in [-0.05, 0) is 60.0 Å². The van der Waals surface area contributed by atoms with Crippen LogP contribution in [0.5, 0.6) is 23.0 Å². The summed E-state index contributed by atoms with van der Waals surface area (Å²) in [5, 5.41) is 10.2. The SMILES string of the molecule is COc1cc2c(cc1O)C1c3cc4c(cc3CC2N1C)OCO4. The third kappa shape index (κ3) is 1.60. The van der Waals surface area contributed by atoms with Gasteiger partial charge in [0, 0.05) is 6.04 Å². The zero-order chi connectivity index (χ0) is 15.7. The number of fused-ring (bicyclic) bond motifs is 8. The van der Waals surface area contributed by atoms with Crippen LogP contribution in [-0.4, -0.2) is 31.0 Å². The van der Waals surface area contributed by atoms with Crippen LogP contribution in [0.3, 0.4) is 0 Å². The summed E-state index contributed by atoms with van der Waals surface area (Å²) < 4.78 is 16.4. The molecule has 23 heavy (non-hydrogen) atoms. The van der Waals surface area contributed by atoms with Gasteiger partial charge in [0.1, 0.15) is 0 Å². The van der Waals surface area contributed by atoms with Gasteiger partial charge in [-0.15, -0.1) is 0 Å². The van der Waals surface area contributed by atoms with Crippen LogP contribution in [0.1, 0.15) is 34.3 Å². The summed E-state index contributed by atoms with van der Waals surface area (Å²) >= 11 is 0. The van der Waals surface area contributed by atoms with Gasteiger partial charge in [0.25, 0.3) is 0 Å². The molecule has 5 heteroatoms. The van der Waals surface area contributed by atoms with Crippen LogP contribution in [0.2, 0.25) is 0 Å². The van der Waals surface area contributed by atoms with Gasteiger partial charge >= 0.3 is 0 Å². The first-order chi connectivity index (χ1) is 11.2. The summed E-state index contributed by atoms with van der Waals surface area (Å²) in [4.78, 5) is 2.36. The zero-order valence-corrected chi connectivity index (χ0v) is 13.0. The molecule has 2 aromatic carbocycles. The Kier molecular flexibility index (Phi) is 2.46. The van der Waals surface area contributed by atoms with Crippen molar-refractivity contribution in [3.8, 4) is 23.0 Å². The van der Waals surface area contributed by atoms with Gasteiger partial charge in [-0.3, -0.25) is 4.90 Å². The van der Waals surface area contributed by atoms with Crippen molar-refractivity contribution in [1.29, 1.82) is 0 Å². The predicted molar refractivity (Wildman–Crippen MR) is 83.3 cm³/mol. The molecule has 0 saturated heterocycles. The minimum absolute atomic E-state index is 0.130. The van der Waals surface area contributed by atoms with E-state index >= 15 is 0 Å².